The smallest absolute Gasteiger partial charge is 0.310 e. The third kappa shape index (κ3) is 6.23. The monoisotopic (exact) mass is 780 g/mol. The molecule has 9 N–H and O–H groups in total. The zero-order valence-corrected chi connectivity index (χ0v) is 32.8. The average Bonchev–Trinajstić information content (AvgIpc) is 3.12. The first-order valence-corrected chi connectivity index (χ1v) is 20.2. The molecule has 14 heteroatoms. The van der Waals surface area contributed by atoms with Gasteiger partial charge in [-0.1, -0.05) is 52.8 Å². The van der Waals surface area contributed by atoms with Gasteiger partial charge in [-0.2, -0.15) is 0 Å². The van der Waals surface area contributed by atoms with Crippen LogP contribution in [0.3, 0.4) is 0 Å². The van der Waals surface area contributed by atoms with Crippen LogP contribution in [0.2, 0.25) is 0 Å². The van der Waals surface area contributed by atoms with E-state index in [4.69, 9.17) is 18.9 Å². The summed E-state index contributed by atoms with van der Waals surface area (Å²) in [5, 5.41) is 95.7. The first kappa shape index (κ1) is 41.6. The fourth-order valence-electron chi connectivity index (χ4n) is 12.9. The van der Waals surface area contributed by atoms with Crippen molar-refractivity contribution >= 4 is 5.97 Å². The van der Waals surface area contributed by atoms with Crippen LogP contribution in [-0.4, -0.2) is 139 Å². The normalized spacial score (nSPS) is 53.6. The van der Waals surface area contributed by atoms with E-state index >= 15 is 0 Å². The van der Waals surface area contributed by atoms with Crippen LogP contribution in [0, 0.1) is 44.8 Å². The minimum atomic E-state index is -1.81. The fraction of sp³-hybridized carbons (Fsp3) is 0.878. The van der Waals surface area contributed by atoms with Crippen LogP contribution in [0.1, 0.15) is 92.4 Å². The molecule has 7 aliphatic rings. The van der Waals surface area contributed by atoms with E-state index in [-0.39, 0.29) is 34.0 Å². The molecule has 2 heterocycles. The van der Waals surface area contributed by atoms with Crippen LogP contribution in [0.25, 0.3) is 0 Å². The van der Waals surface area contributed by atoms with E-state index in [0.717, 1.165) is 38.5 Å². The maximum absolute atomic E-state index is 13.0. The third-order valence-electron chi connectivity index (χ3n) is 16.4. The number of allylic oxidation sites excluding steroid dienone is 2. The summed E-state index contributed by atoms with van der Waals surface area (Å²) in [6.07, 6.45) is -9.10. The molecule has 0 bridgehead atoms. The molecule has 55 heavy (non-hydrogen) atoms. The number of rotatable bonds is 7. The van der Waals surface area contributed by atoms with Crippen LogP contribution in [0.5, 0.6) is 0 Å². The maximum Gasteiger partial charge on any atom is 0.310 e. The van der Waals surface area contributed by atoms with Gasteiger partial charge >= 0.3 is 5.97 Å². The second-order valence-electron chi connectivity index (χ2n) is 19.6. The van der Waals surface area contributed by atoms with Gasteiger partial charge in [0.2, 0.25) is 0 Å². The summed E-state index contributed by atoms with van der Waals surface area (Å²) in [4.78, 5) is 13.0. The van der Waals surface area contributed by atoms with Crippen molar-refractivity contribution in [3.8, 4) is 0 Å². The Kier molecular flexibility index (Phi) is 10.8. The van der Waals surface area contributed by atoms with Gasteiger partial charge in [0, 0.05) is 0 Å². The van der Waals surface area contributed by atoms with Crippen molar-refractivity contribution < 1.29 is 69.7 Å². The van der Waals surface area contributed by atoms with Crippen molar-refractivity contribution in [2.75, 3.05) is 13.2 Å². The van der Waals surface area contributed by atoms with Crippen LogP contribution < -0.4 is 0 Å². The molecule has 0 spiro atoms. The quantitative estimate of drug-likeness (QED) is 0.131. The van der Waals surface area contributed by atoms with Crippen molar-refractivity contribution in [2.45, 2.75) is 166 Å². The molecule has 4 saturated carbocycles. The number of aliphatic hydroxyl groups is 8. The fourth-order valence-corrected chi connectivity index (χ4v) is 12.9. The van der Waals surface area contributed by atoms with E-state index in [9.17, 15) is 50.8 Å². The van der Waals surface area contributed by atoms with Crippen molar-refractivity contribution in [1.29, 1.82) is 0 Å². The van der Waals surface area contributed by atoms with Crippen molar-refractivity contribution in [1.82, 2.24) is 0 Å². The molecular weight excluding hydrogens is 716 g/mol. The van der Waals surface area contributed by atoms with E-state index in [2.05, 4.69) is 47.3 Å². The lowest BCUT2D eigenvalue weighted by Crippen LogP contribution is -2.66. The predicted octanol–water partition coefficient (Wildman–Crippen LogP) is 1.38. The minimum absolute atomic E-state index is 0.0225. The van der Waals surface area contributed by atoms with E-state index in [0.29, 0.717) is 24.8 Å². The Bertz CT molecular complexity index is 1520. The van der Waals surface area contributed by atoms with Gasteiger partial charge < -0.3 is 64.9 Å². The van der Waals surface area contributed by atoms with Gasteiger partial charge in [-0.3, -0.25) is 4.79 Å². The number of fused-ring (bicyclic) bond motifs is 7. The summed E-state index contributed by atoms with van der Waals surface area (Å²) in [7, 11) is 0. The van der Waals surface area contributed by atoms with E-state index in [1.165, 1.54) is 5.57 Å². The molecule has 0 unspecified atom stereocenters. The largest absolute Gasteiger partial charge is 0.481 e. The summed E-state index contributed by atoms with van der Waals surface area (Å²) in [5.41, 5.74) is 0.471. The van der Waals surface area contributed by atoms with Crippen molar-refractivity contribution in [2.24, 2.45) is 44.8 Å². The summed E-state index contributed by atoms with van der Waals surface area (Å²) in [6.45, 7) is 14.6. The molecular formula is C41H64O14. The van der Waals surface area contributed by atoms with E-state index in [1.807, 2.05) is 0 Å². The summed E-state index contributed by atoms with van der Waals surface area (Å²) in [5.74, 6) is -0.624. The number of carbonyl (C=O) groups is 1. The molecule has 7 rings (SSSR count). The Morgan fingerprint density at radius 3 is 2.04 bits per heavy atom. The zero-order chi connectivity index (χ0) is 40.2. The van der Waals surface area contributed by atoms with E-state index < -0.39 is 104 Å². The molecule has 6 fully saturated rings. The molecule has 0 amide bonds. The zero-order valence-electron chi connectivity index (χ0n) is 32.8. The predicted molar refractivity (Wildman–Crippen MR) is 195 cm³/mol. The maximum atomic E-state index is 13.0. The molecule has 0 aromatic carbocycles. The SMILES string of the molecule is C=C1[C@@H](O[C@H]2O[C@@H](CO)[C@H](O)[C@@H](O)[C@@H]2O[C@H]2O[C@@H](CO)[C@H](O)[C@@H](O)[C@@H]2O)[C@H](O)C[C@]2(C)[C@H]3CC=C4[C@H]5CC(C)(C)CC[C@@]5(C(=O)O)CC[C@@]4(C)[C@@]3(C)CC[C@@H]12. The lowest BCUT2D eigenvalue weighted by Gasteiger charge is -2.70. The second kappa shape index (κ2) is 14.3. The van der Waals surface area contributed by atoms with Gasteiger partial charge in [0.15, 0.2) is 12.6 Å². The Hall–Kier alpha value is -1.53. The van der Waals surface area contributed by atoms with Gasteiger partial charge in [0.1, 0.15) is 54.9 Å². The molecule has 14 nitrogen and oxygen atoms in total. The second-order valence-corrected chi connectivity index (χ2v) is 19.6. The van der Waals surface area contributed by atoms with Gasteiger partial charge in [0.05, 0.1) is 24.7 Å². The highest BCUT2D eigenvalue weighted by Crippen LogP contribution is 2.75. The Morgan fingerprint density at radius 1 is 0.782 bits per heavy atom. The highest BCUT2D eigenvalue weighted by Gasteiger charge is 2.69. The number of hydrogen-bond donors (Lipinski definition) is 9. The van der Waals surface area contributed by atoms with Gasteiger partial charge in [-0.25, -0.2) is 0 Å². The molecule has 19 atom stereocenters. The average molecular weight is 781 g/mol. The number of hydrogen-bond acceptors (Lipinski definition) is 13. The minimum Gasteiger partial charge on any atom is -0.481 e. The summed E-state index contributed by atoms with van der Waals surface area (Å²) < 4.78 is 23.7. The lowest BCUT2D eigenvalue weighted by molar-refractivity contribution is -0.373. The number of ether oxygens (including phenoxy) is 4. The Labute approximate surface area is 323 Å². The summed E-state index contributed by atoms with van der Waals surface area (Å²) in [6, 6.07) is 0. The third-order valence-corrected chi connectivity index (χ3v) is 16.4. The molecule has 312 valence electrons. The molecule has 0 aromatic heterocycles. The van der Waals surface area contributed by atoms with Crippen LogP contribution >= 0.6 is 0 Å². The van der Waals surface area contributed by atoms with Gasteiger partial charge in [0.25, 0.3) is 0 Å². The molecule has 5 aliphatic carbocycles. The van der Waals surface area contributed by atoms with Crippen molar-refractivity contribution in [3.63, 3.8) is 0 Å². The number of carboxylic acids is 1. The Morgan fingerprint density at radius 2 is 1.40 bits per heavy atom. The number of aliphatic carboxylic acids is 1. The highest BCUT2D eigenvalue weighted by atomic mass is 16.8. The topological polar surface area (TPSA) is 236 Å². The molecule has 0 aromatic rings. The number of carboxylic acid groups (broad SMARTS) is 1. The van der Waals surface area contributed by atoms with Crippen LogP contribution in [-0.2, 0) is 23.7 Å². The molecule has 0 radical (unpaired) electrons. The first-order valence-electron chi connectivity index (χ1n) is 20.2. The first-order chi connectivity index (χ1) is 25.7. The molecule has 2 saturated heterocycles. The van der Waals surface area contributed by atoms with Crippen molar-refractivity contribution in [3.05, 3.63) is 23.8 Å². The Balaban J connectivity index is 1.15. The van der Waals surface area contributed by atoms with Crippen LogP contribution in [0.15, 0.2) is 23.8 Å². The molecule has 2 aliphatic heterocycles. The highest BCUT2D eigenvalue weighted by molar-refractivity contribution is 5.76. The standard InChI is InChI=1S/C41H64O14/c1-19-20-9-10-40(6)26(8-7-21-22-15-37(2,3)11-13-41(22,36(50)51)14-12-39(21,40)5)38(20,4)16-23(44)32(19)54-35-33(30(48)28(46)25(18-43)53-35)55-34-31(49)29(47)27(45)24(17-42)52-34/h7,20,22-35,42-49H,1,8-18H2,2-6H3,(H,50,51)/t20-,22+,23+,24-,25-,26+,27-,28-,29+,30+,31-,32+,33-,34+,35+,38-,39+,40-,41+/m0/s1. The van der Waals surface area contributed by atoms with Gasteiger partial charge in [-0.15, -0.1) is 0 Å². The van der Waals surface area contributed by atoms with Crippen LogP contribution in [0.4, 0.5) is 0 Å². The number of aliphatic hydroxyl groups excluding tert-OH is 8. The van der Waals surface area contributed by atoms with Gasteiger partial charge in [-0.05, 0) is 103 Å². The van der Waals surface area contributed by atoms with E-state index in [1.54, 1.807) is 0 Å². The lowest BCUT2D eigenvalue weighted by atomic mass is 9.34. The summed E-state index contributed by atoms with van der Waals surface area (Å²) >= 11 is 0.